The maximum Gasteiger partial charge on any atom is 0.198 e. The number of rotatable bonds is 2. The Kier molecular flexibility index (Phi) is 3.37. The van der Waals surface area contributed by atoms with Gasteiger partial charge in [0.2, 0.25) is 0 Å². The fourth-order valence-electron chi connectivity index (χ4n) is 1.64. The summed E-state index contributed by atoms with van der Waals surface area (Å²) in [4.78, 5) is 7.10. The van der Waals surface area contributed by atoms with Crippen LogP contribution in [0.25, 0.3) is 0 Å². The number of hydrogen-bond acceptors (Lipinski definition) is 5. The molecule has 0 aromatic carbocycles. The van der Waals surface area contributed by atoms with Crippen LogP contribution in [0.4, 0.5) is 0 Å². The average molecular weight is 276 g/mol. The molecule has 4 nitrogen and oxygen atoms in total. The summed E-state index contributed by atoms with van der Waals surface area (Å²) in [6.07, 6.45) is 0.707. The molecule has 2 rings (SSSR count). The van der Waals surface area contributed by atoms with Gasteiger partial charge in [0.15, 0.2) is 14.6 Å². The molecular weight excluding hydrogens is 264 g/mol. The van der Waals surface area contributed by atoms with E-state index >= 15 is 0 Å². The van der Waals surface area contributed by atoms with Gasteiger partial charge in [-0.2, -0.15) is 0 Å². The molecule has 1 aromatic rings. The number of aromatic amines is 1. The highest BCUT2D eigenvalue weighted by atomic mass is 32.2. The number of aromatic nitrogens is 2. The molecule has 7 heteroatoms. The highest BCUT2D eigenvalue weighted by Crippen LogP contribution is 2.29. The summed E-state index contributed by atoms with van der Waals surface area (Å²) in [5.41, 5.74) is 0.948. The van der Waals surface area contributed by atoms with Gasteiger partial charge in [-0.1, -0.05) is 0 Å². The Bertz CT molecular complexity index is 550. The van der Waals surface area contributed by atoms with Crippen LogP contribution in [0.5, 0.6) is 0 Å². The maximum atomic E-state index is 11.3. The lowest BCUT2D eigenvalue weighted by Crippen LogP contribution is -2.06. The Morgan fingerprint density at radius 3 is 2.94 bits per heavy atom. The van der Waals surface area contributed by atoms with Crippen molar-refractivity contribution in [3.05, 3.63) is 16.5 Å². The number of H-pyrrole nitrogens is 1. The Hall–Kier alpha value is -0.400. The predicted molar refractivity (Wildman–Crippen MR) is 67.1 cm³/mol. The molecule has 1 aliphatic rings. The second-order valence-corrected chi connectivity index (χ2v) is 7.79. The number of nitrogens with one attached hydrogen (secondary N) is 1. The van der Waals surface area contributed by atoms with E-state index < -0.39 is 9.84 Å². The summed E-state index contributed by atoms with van der Waals surface area (Å²) in [5, 5.41) is 0.928. The highest BCUT2D eigenvalue weighted by Gasteiger charge is 2.28. The first-order chi connectivity index (χ1) is 7.44. The van der Waals surface area contributed by atoms with Crippen LogP contribution in [0.3, 0.4) is 0 Å². The van der Waals surface area contributed by atoms with E-state index in [0.717, 1.165) is 10.7 Å². The monoisotopic (exact) mass is 276 g/mol. The zero-order valence-electron chi connectivity index (χ0n) is 8.76. The van der Waals surface area contributed by atoms with Crippen molar-refractivity contribution in [2.24, 2.45) is 0 Å². The molecule has 0 bridgehead atoms. The molecule has 2 heterocycles. The van der Waals surface area contributed by atoms with Crippen LogP contribution in [-0.4, -0.2) is 35.1 Å². The van der Waals surface area contributed by atoms with Gasteiger partial charge in [-0.3, -0.25) is 0 Å². The fourth-order valence-corrected chi connectivity index (χ4v) is 5.51. The van der Waals surface area contributed by atoms with E-state index in [1.807, 2.05) is 13.0 Å². The zero-order chi connectivity index (χ0) is 11.8. The first-order valence-electron chi connectivity index (χ1n) is 4.90. The second kappa shape index (κ2) is 4.46. The standard InChI is InChI=1S/C9H12N2O2S3/c1-6-4-8(11-9(14)10-6)15-7-2-3-16(12,13)5-7/h4,7H,2-3,5H2,1H3,(H,10,11,14)/t7-/m0/s1. The van der Waals surface area contributed by atoms with E-state index in [4.69, 9.17) is 12.2 Å². The largest absolute Gasteiger partial charge is 0.335 e. The van der Waals surface area contributed by atoms with Crippen LogP contribution in [0, 0.1) is 11.7 Å². The minimum Gasteiger partial charge on any atom is -0.335 e. The van der Waals surface area contributed by atoms with Gasteiger partial charge in [-0.05, 0) is 31.6 Å². The topological polar surface area (TPSA) is 62.8 Å². The lowest BCUT2D eigenvalue weighted by atomic mass is 10.4. The lowest BCUT2D eigenvalue weighted by Gasteiger charge is -2.06. The van der Waals surface area contributed by atoms with Crippen LogP contribution in [0.2, 0.25) is 0 Å². The van der Waals surface area contributed by atoms with Gasteiger partial charge in [-0.15, -0.1) is 11.8 Å². The Morgan fingerprint density at radius 1 is 1.62 bits per heavy atom. The molecule has 1 N–H and O–H groups in total. The van der Waals surface area contributed by atoms with Crippen molar-refractivity contribution in [2.75, 3.05) is 11.5 Å². The van der Waals surface area contributed by atoms with E-state index in [9.17, 15) is 8.42 Å². The smallest absolute Gasteiger partial charge is 0.198 e. The third-order valence-corrected chi connectivity index (χ3v) is 5.69. The van der Waals surface area contributed by atoms with Crippen LogP contribution >= 0.6 is 24.0 Å². The minimum atomic E-state index is -2.82. The van der Waals surface area contributed by atoms with Crippen molar-refractivity contribution in [3.63, 3.8) is 0 Å². The number of nitrogens with zero attached hydrogens (tertiary/aromatic N) is 1. The summed E-state index contributed by atoms with van der Waals surface area (Å²) < 4.78 is 23.1. The summed E-state index contributed by atoms with van der Waals surface area (Å²) in [6.45, 7) is 1.91. The molecule has 88 valence electrons. The predicted octanol–water partition coefficient (Wildman–Crippen LogP) is 1.73. The minimum absolute atomic E-state index is 0.119. The summed E-state index contributed by atoms with van der Waals surface area (Å²) >= 11 is 6.48. The second-order valence-electron chi connectivity index (χ2n) is 3.85. The molecule has 0 radical (unpaired) electrons. The third kappa shape index (κ3) is 3.05. The summed E-state index contributed by atoms with van der Waals surface area (Å²) in [7, 11) is -2.82. The normalized spacial score (nSPS) is 23.4. The SMILES string of the molecule is Cc1cc(S[C@H]2CCS(=O)(=O)C2)nc(=S)[nH]1. The third-order valence-electron chi connectivity index (χ3n) is 2.33. The van der Waals surface area contributed by atoms with Gasteiger partial charge in [0.25, 0.3) is 0 Å². The van der Waals surface area contributed by atoms with Crippen molar-refractivity contribution < 1.29 is 8.42 Å². The van der Waals surface area contributed by atoms with Crippen molar-refractivity contribution in [1.82, 2.24) is 9.97 Å². The molecule has 1 saturated heterocycles. The van der Waals surface area contributed by atoms with Crippen LogP contribution in [0.1, 0.15) is 12.1 Å². The molecule has 0 amide bonds. The van der Waals surface area contributed by atoms with E-state index in [1.165, 1.54) is 11.8 Å². The first-order valence-corrected chi connectivity index (χ1v) is 8.00. The van der Waals surface area contributed by atoms with Gasteiger partial charge in [0, 0.05) is 10.9 Å². The van der Waals surface area contributed by atoms with Crippen LogP contribution in [-0.2, 0) is 9.84 Å². The fraction of sp³-hybridized carbons (Fsp3) is 0.556. The molecule has 0 unspecified atom stereocenters. The number of thioether (sulfide) groups is 1. The Morgan fingerprint density at radius 2 is 2.38 bits per heavy atom. The zero-order valence-corrected chi connectivity index (χ0v) is 11.2. The molecule has 0 aliphatic carbocycles. The molecule has 16 heavy (non-hydrogen) atoms. The van der Waals surface area contributed by atoms with Crippen molar-refractivity contribution in [1.29, 1.82) is 0 Å². The number of sulfone groups is 1. The molecule has 1 aromatic heterocycles. The summed E-state index contributed by atoms with van der Waals surface area (Å²) in [5.74, 6) is 0.549. The van der Waals surface area contributed by atoms with Gasteiger partial charge in [0.05, 0.1) is 11.5 Å². The lowest BCUT2D eigenvalue weighted by molar-refractivity contribution is 0.602. The van der Waals surface area contributed by atoms with Gasteiger partial charge < -0.3 is 4.98 Å². The van der Waals surface area contributed by atoms with E-state index in [1.54, 1.807) is 0 Å². The van der Waals surface area contributed by atoms with Crippen LogP contribution < -0.4 is 0 Å². The molecular formula is C9H12N2O2S3. The van der Waals surface area contributed by atoms with Crippen molar-refractivity contribution in [2.45, 2.75) is 23.6 Å². The molecule has 1 aliphatic heterocycles. The van der Waals surface area contributed by atoms with E-state index in [-0.39, 0.29) is 11.0 Å². The van der Waals surface area contributed by atoms with E-state index in [0.29, 0.717) is 16.9 Å². The van der Waals surface area contributed by atoms with Crippen molar-refractivity contribution >= 4 is 33.8 Å². The maximum absolute atomic E-state index is 11.3. The Balaban J connectivity index is 2.13. The van der Waals surface area contributed by atoms with Crippen molar-refractivity contribution in [3.8, 4) is 0 Å². The van der Waals surface area contributed by atoms with E-state index in [2.05, 4.69) is 9.97 Å². The quantitative estimate of drug-likeness (QED) is 0.658. The number of hydrogen-bond donors (Lipinski definition) is 1. The average Bonchev–Trinajstić information content (AvgIpc) is 2.43. The van der Waals surface area contributed by atoms with Gasteiger partial charge in [0.1, 0.15) is 5.03 Å². The first kappa shape index (κ1) is 12.1. The molecule has 1 fully saturated rings. The van der Waals surface area contributed by atoms with Crippen LogP contribution in [0.15, 0.2) is 11.1 Å². The van der Waals surface area contributed by atoms with Gasteiger partial charge in [-0.25, -0.2) is 13.4 Å². The summed E-state index contributed by atoms with van der Waals surface area (Å²) in [6, 6.07) is 1.89. The molecule has 1 atom stereocenters. The molecule has 0 spiro atoms. The number of aryl methyl sites for hydroxylation is 1. The Labute approximate surface area is 104 Å². The highest BCUT2D eigenvalue weighted by molar-refractivity contribution is 8.01. The van der Waals surface area contributed by atoms with Gasteiger partial charge >= 0.3 is 0 Å². The molecule has 0 saturated carbocycles.